The smallest absolute Gasteiger partial charge is 0.315 e. The Hall–Kier alpha value is -2.43. The number of carbonyl (C=O) groups is 2. The summed E-state index contributed by atoms with van der Waals surface area (Å²) in [5.41, 5.74) is 1.35. The number of fused-ring (bicyclic) bond motifs is 1. The van der Waals surface area contributed by atoms with Crippen LogP contribution in [0.2, 0.25) is 5.02 Å². The minimum absolute atomic E-state index is 0.185. The highest BCUT2D eigenvalue weighted by Crippen LogP contribution is 2.33. The number of nitrogens with zero attached hydrogens (tertiary/aromatic N) is 3. The first kappa shape index (κ1) is 18.9. The van der Waals surface area contributed by atoms with Gasteiger partial charge in [-0.2, -0.15) is 5.10 Å². The maximum Gasteiger partial charge on any atom is 0.315 e. The molecule has 2 amide bonds. The highest BCUT2D eigenvalue weighted by atomic mass is 35.5. The van der Waals surface area contributed by atoms with Crippen LogP contribution in [-0.2, 0) is 35.7 Å². The summed E-state index contributed by atoms with van der Waals surface area (Å²) in [4.78, 5) is 26.4. The van der Waals surface area contributed by atoms with E-state index in [1.807, 2.05) is 0 Å². The Kier molecular flexibility index (Phi) is 4.86. The monoisotopic (exact) mass is 424 g/mol. The predicted octanol–water partition coefficient (Wildman–Crippen LogP) is 0.751. The highest BCUT2D eigenvalue weighted by Gasteiger charge is 2.34. The van der Waals surface area contributed by atoms with Crippen molar-refractivity contribution in [3.8, 4) is 5.69 Å². The summed E-state index contributed by atoms with van der Waals surface area (Å²) in [6.45, 7) is 1.40. The van der Waals surface area contributed by atoms with Crippen LogP contribution in [0.25, 0.3) is 5.69 Å². The van der Waals surface area contributed by atoms with Gasteiger partial charge in [-0.25, -0.2) is 13.1 Å². The lowest BCUT2D eigenvalue weighted by atomic mass is 10.2. The van der Waals surface area contributed by atoms with Crippen molar-refractivity contribution in [3.63, 3.8) is 0 Å². The Morgan fingerprint density at radius 2 is 1.79 bits per heavy atom. The summed E-state index contributed by atoms with van der Waals surface area (Å²) in [6, 6.07) is 6.70. The van der Waals surface area contributed by atoms with Crippen LogP contribution < -0.4 is 5.32 Å². The van der Waals surface area contributed by atoms with Crippen LogP contribution in [0.4, 0.5) is 5.82 Å². The van der Waals surface area contributed by atoms with Gasteiger partial charge in [-0.05, 0) is 24.3 Å². The number of halogens is 1. The van der Waals surface area contributed by atoms with Crippen LogP contribution in [0, 0.1) is 0 Å². The second kappa shape index (κ2) is 7.19. The van der Waals surface area contributed by atoms with Crippen molar-refractivity contribution in [2.24, 2.45) is 0 Å². The van der Waals surface area contributed by atoms with E-state index in [1.165, 1.54) is 9.58 Å². The van der Waals surface area contributed by atoms with Gasteiger partial charge in [0.1, 0.15) is 5.82 Å². The molecular formula is C17H17ClN4O5S. The van der Waals surface area contributed by atoms with Gasteiger partial charge in [0, 0.05) is 23.7 Å². The summed E-state index contributed by atoms with van der Waals surface area (Å²) in [5.74, 6) is -1.80. The Bertz CT molecular complexity index is 1040. The zero-order valence-electron chi connectivity index (χ0n) is 14.7. The van der Waals surface area contributed by atoms with E-state index in [2.05, 4.69) is 10.4 Å². The van der Waals surface area contributed by atoms with Gasteiger partial charge in [-0.3, -0.25) is 9.59 Å². The van der Waals surface area contributed by atoms with Crippen LogP contribution in [0.3, 0.4) is 0 Å². The number of hydrogen-bond acceptors (Lipinski definition) is 6. The van der Waals surface area contributed by atoms with E-state index in [1.54, 1.807) is 24.3 Å². The van der Waals surface area contributed by atoms with Gasteiger partial charge < -0.3 is 15.0 Å². The molecule has 1 saturated heterocycles. The molecule has 4 rings (SSSR count). The van der Waals surface area contributed by atoms with Crippen molar-refractivity contribution < 1.29 is 22.7 Å². The number of morpholine rings is 1. The van der Waals surface area contributed by atoms with Crippen LogP contribution >= 0.6 is 11.6 Å². The van der Waals surface area contributed by atoms with Gasteiger partial charge >= 0.3 is 11.8 Å². The summed E-state index contributed by atoms with van der Waals surface area (Å²) >= 11 is 5.92. The van der Waals surface area contributed by atoms with E-state index in [4.69, 9.17) is 16.3 Å². The van der Waals surface area contributed by atoms with Crippen molar-refractivity contribution in [3.05, 3.63) is 40.5 Å². The zero-order valence-corrected chi connectivity index (χ0v) is 16.3. The van der Waals surface area contributed by atoms with Crippen LogP contribution in [0.5, 0.6) is 0 Å². The molecule has 9 nitrogen and oxygen atoms in total. The third kappa shape index (κ3) is 3.62. The van der Waals surface area contributed by atoms with E-state index < -0.39 is 21.7 Å². The second-order valence-electron chi connectivity index (χ2n) is 6.55. The zero-order chi connectivity index (χ0) is 19.9. The Morgan fingerprint density at radius 3 is 2.46 bits per heavy atom. The van der Waals surface area contributed by atoms with Crippen LogP contribution in [0.1, 0.15) is 11.3 Å². The Morgan fingerprint density at radius 1 is 1.11 bits per heavy atom. The lowest BCUT2D eigenvalue weighted by molar-refractivity contribution is -0.145. The third-order valence-electron chi connectivity index (χ3n) is 4.58. The molecule has 0 spiro atoms. The van der Waals surface area contributed by atoms with Gasteiger partial charge in [0.2, 0.25) is 0 Å². The molecule has 0 saturated carbocycles. The number of benzene rings is 1. The summed E-state index contributed by atoms with van der Waals surface area (Å²) in [6.07, 6.45) is 0. The highest BCUT2D eigenvalue weighted by molar-refractivity contribution is 7.90. The number of aromatic nitrogens is 2. The van der Waals surface area contributed by atoms with E-state index in [0.29, 0.717) is 48.3 Å². The molecule has 1 aromatic heterocycles. The summed E-state index contributed by atoms with van der Waals surface area (Å²) in [5, 5.41) is 7.44. The first-order valence-corrected chi connectivity index (χ1v) is 10.8. The average Bonchev–Trinajstić information content (AvgIpc) is 3.15. The van der Waals surface area contributed by atoms with Gasteiger partial charge in [0.25, 0.3) is 0 Å². The molecule has 0 unspecified atom stereocenters. The van der Waals surface area contributed by atoms with E-state index in [-0.39, 0.29) is 17.3 Å². The lowest BCUT2D eigenvalue weighted by Crippen LogP contribution is -2.46. The van der Waals surface area contributed by atoms with Crippen molar-refractivity contribution in [1.29, 1.82) is 0 Å². The molecule has 1 N–H and O–H groups in total. The number of amides is 2. The van der Waals surface area contributed by atoms with Crippen LogP contribution in [0.15, 0.2) is 24.3 Å². The Labute approximate surface area is 166 Å². The van der Waals surface area contributed by atoms with Gasteiger partial charge in [-0.1, -0.05) is 11.6 Å². The molecule has 1 aromatic carbocycles. The molecule has 148 valence electrons. The quantitative estimate of drug-likeness (QED) is 0.712. The number of anilines is 1. The maximum atomic E-state index is 12.6. The van der Waals surface area contributed by atoms with Gasteiger partial charge in [0.05, 0.1) is 36.1 Å². The van der Waals surface area contributed by atoms with Crippen LogP contribution in [-0.4, -0.2) is 61.2 Å². The topological polar surface area (TPSA) is 111 Å². The minimum atomic E-state index is -3.33. The number of nitrogens with one attached hydrogen (secondary N) is 1. The molecule has 0 radical (unpaired) electrons. The fourth-order valence-corrected chi connectivity index (χ4v) is 4.83. The molecule has 2 aliphatic rings. The number of rotatable bonds is 2. The molecule has 11 heteroatoms. The molecule has 1 fully saturated rings. The van der Waals surface area contributed by atoms with E-state index >= 15 is 0 Å². The molecule has 0 bridgehead atoms. The van der Waals surface area contributed by atoms with Crippen molar-refractivity contribution in [2.75, 3.05) is 31.6 Å². The first-order chi connectivity index (χ1) is 13.3. The number of hydrogen-bond donors (Lipinski definition) is 1. The largest absolute Gasteiger partial charge is 0.378 e. The average molecular weight is 425 g/mol. The first-order valence-electron chi connectivity index (χ1n) is 8.59. The molecule has 2 aromatic rings. The maximum absolute atomic E-state index is 12.6. The lowest BCUT2D eigenvalue weighted by Gasteiger charge is -2.26. The normalized spacial score (nSPS) is 18.0. The van der Waals surface area contributed by atoms with Gasteiger partial charge in [0.15, 0.2) is 9.84 Å². The number of carbonyl (C=O) groups excluding carboxylic acids is 2. The number of sulfone groups is 1. The van der Waals surface area contributed by atoms with Crippen molar-refractivity contribution >= 4 is 39.1 Å². The fraction of sp³-hybridized carbons (Fsp3) is 0.353. The standard InChI is InChI=1S/C17H17ClN4O5S/c18-11-1-3-12(4-2-11)22-15(13-9-28(25,26)10-14(13)20-22)19-16(23)17(24)21-5-7-27-8-6-21/h1-4H,5-10H2,(H,19,23). The number of ether oxygens (including phenoxy) is 1. The van der Waals surface area contributed by atoms with E-state index in [0.717, 1.165) is 0 Å². The third-order valence-corrected chi connectivity index (χ3v) is 6.28. The molecule has 0 aliphatic carbocycles. The Balaban J connectivity index is 1.67. The summed E-state index contributed by atoms with van der Waals surface area (Å²) in [7, 11) is -3.33. The summed E-state index contributed by atoms with van der Waals surface area (Å²) < 4.78 is 30.6. The molecular weight excluding hydrogens is 408 g/mol. The minimum Gasteiger partial charge on any atom is -0.378 e. The fourth-order valence-electron chi connectivity index (χ4n) is 3.21. The second-order valence-corrected chi connectivity index (χ2v) is 9.05. The predicted molar refractivity (Wildman–Crippen MR) is 101 cm³/mol. The van der Waals surface area contributed by atoms with Gasteiger partial charge in [-0.15, -0.1) is 0 Å². The molecule has 2 aliphatic heterocycles. The van der Waals surface area contributed by atoms with Crippen molar-refractivity contribution in [2.45, 2.75) is 11.5 Å². The molecule has 3 heterocycles. The van der Waals surface area contributed by atoms with Crippen molar-refractivity contribution in [1.82, 2.24) is 14.7 Å². The molecule has 28 heavy (non-hydrogen) atoms. The van der Waals surface area contributed by atoms with E-state index in [9.17, 15) is 18.0 Å². The molecule has 0 atom stereocenters. The SMILES string of the molecule is O=C(Nc1c2c(nn1-c1ccc(Cl)cc1)CS(=O)(=O)C2)C(=O)N1CCOCC1.